The van der Waals surface area contributed by atoms with Gasteiger partial charge in [-0.25, -0.2) is 4.99 Å². The zero-order valence-corrected chi connectivity index (χ0v) is 22.0. The van der Waals surface area contributed by atoms with Gasteiger partial charge in [0.05, 0.1) is 26.9 Å². The molecule has 1 heterocycles. The molecule has 1 fully saturated rings. The second-order valence-corrected chi connectivity index (χ2v) is 7.69. The predicted molar refractivity (Wildman–Crippen MR) is 144 cm³/mol. The fourth-order valence-corrected chi connectivity index (χ4v) is 3.51. The summed E-state index contributed by atoms with van der Waals surface area (Å²) in [5.74, 6) is 2.28. The predicted octanol–water partition coefficient (Wildman–Crippen LogP) is 3.67. The van der Waals surface area contributed by atoms with Crippen molar-refractivity contribution < 1.29 is 14.2 Å². The van der Waals surface area contributed by atoms with Gasteiger partial charge < -0.3 is 24.8 Å². The molecule has 0 atom stereocenters. The number of nitrogens with zero attached hydrogens (tertiary/aromatic N) is 2. The molecule has 3 rings (SSSR count). The molecular formula is C25H37IN4O3. The average Bonchev–Trinajstić information content (AvgIpc) is 2.85. The lowest BCUT2D eigenvalue weighted by molar-refractivity contribution is 0.0376. The summed E-state index contributed by atoms with van der Waals surface area (Å²) in [7, 11) is 1.66. The third-order valence-corrected chi connectivity index (χ3v) is 5.28. The van der Waals surface area contributed by atoms with E-state index < -0.39 is 0 Å². The van der Waals surface area contributed by atoms with E-state index >= 15 is 0 Å². The monoisotopic (exact) mass is 568 g/mol. The first-order chi connectivity index (χ1) is 15.8. The minimum absolute atomic E-state index is 0. The minimum atomic E-state index is 0. The lowest BCUT2D eigenvalue weighted by atomic mass is 10.2. The highest BCUT2D eigenvalue weighted by molar-refractivity contribution is 14.0. The van der Waals surface area contributed by atoms with Crippen LogP contribution in [0.25, 0.3) is 0 Å². The highest BCUT2D eigenvalue weighted by Gasteiger charge is 2.10. The Morgan fingerprint density at radius 1 is 1.03 bits per heavy atom. The minimum Gasteiger partial charge on any atom is -0.493 e. The third-order valence-electron chi connectivity index (χ3n) is 5.28. The molecule has 1 aliphatic rings. The highest BCUT2D eigenvalue weighted by atomic mass is 127. The molecule has 0 amide bonds. The number of halogens is 1. The van der Waals surface area contributed by atoms with E-state index in [0.29, 0.717) is 13.2 Å². The lowest BCUT2D eigenvalue weighted by Gasteiger charge is -2.26. The van der Waals surface area contributed by atoms with E-state index in [1.54, 1.807) is 7.11 Å². The van der Waals surface area contributed by atoms with E-state index in [1.165, 1.54) is 0 Å². The summed E-state index contributed by atoms with van der Waals surface area (Å²) in [6.45, 7) is 9.69. The topological polar surface area (TPSA) is 67.4 Å². The molecule has 0 spiro atoms. The van der Waals surface area contributed by atoms with Crippen LogP contribution in [0.15, 0.2) is 53.5 Å². The number of guanidine groups is 1. The van der Waals surface area contributed by atoms with E-state index in [1.807, 2.05) is 48.5 Å². The van der Waals surface area contributed by atoms with Crippen LogP contribution in [-0.4, -0.2) is 63.9 Å². The van der Waals surface area contributed by atoms with Crippen LogP contribution >= 0.6 is 24.0 Å². The van der Waals surface area contributed by atoms with Crippen LogP contribution in [0.4, 0.5) is 0 Å². The first-order valence-corrected chi connectivity index (χ1v) is 11.4. The van der Waals surface area contributed by atoms with Crippen LogP contribution in [0, 0.1) is 0 Å². The number of nitrogens with one attached hydrogen (secondary N) is 2. The van der Waals surface area contributed by atoms with Gasteiger partial charge in [0.25, 0.3) is 0 Å². The number of hydrogen-bond donors (Lipinski definition) is 2. The Balaban J connectivity index is 0.00000385. The van der Waals surface area contributed by atoms with Crippen molar-refractivity contribution in [1.82, 2.24) is 15.5 Å². The van der Waals surface area contributed by atoms with Crippen molar-refractivity contribution in [3.05, 3.63) is 59.7 Å². The van der Waals surface area contributed by atoms with Crippen LogP contribution in [0.3, 0.4) is 0 Å². The molecule has 8 heteroatoms. The summed E-state index contributed by atoms with van der Waals surface area (Å²) in [5, 5.41) is 6.75. The van der Waals surface area contributed by atoms with Crippen molar-refractivity contribution in [3.8, 4) is 11.5 Å². The average molecular weight is 569 g/mol. The smallest absolute Gasteiger partial charge is 0.191 e. The number of rotatable bonds is 11. The van der Waals surface area contributed by atoms with Gasteiger partial charge in [0.15, 0.2) is 17.5 Å². The normalized spacial score (nSPS) is 14.3. The van der Waals surface area contributed by atoms with E-state index in [4.69, 9.17) is 19.2 Å². The molecular weight excluding hydrogens is 531 g/mol. The Morgan fingerprint density at radius 2 is 1.82 bits per heavy atom. The summed E-state index contributed by atoms with van der Waals surface area (Å²) >= 11 is 0. The van der Waals surface area contributed by atoms with Crippen molar-refractivity contribution in [1.29, 1.82) is 0 Å². The van der Waals surface area contributed by atoms with E-state index in [-0.39, 0.29) is 24.0 Å². The zero-order valence-electron chi connectivity index (χ0n) is 19.7. The first-order valence-electron chi connectivity index (χ1n) is 11.4. The Labute approximate surface area is 214 Å². The van der Waals surface area contributed by atoms with Gasteiger partial charge in [-0.2, -0.15) is 0 Å². The maximum Gasteiger partial charge on any atom is 0.191 e. The molecule has 0 bridgehead atoms. The highest BCUT2D eigenvalue weighted by Crippen LogP contribution is 2.29. The SMILES string of the molecule is CCNC(=NCc1ccc(OCc2ccccc2)c(OC)c1)NCCCN1CCOCC1.I. The quantitative estimate of drug-likeness (QED) is 0.187. The van der Waals surface area contributed by atoms with Crippen LogP contribution < -0.4 is 20.1 Å². The Bertz CT molecular complexity index is 830. The van der Waals surface area contributed by atoms with Gasteiger partial charge in [0.2, 0.25) is 0 Å². The number of methoxy groups -OCH3 is 1. The number of hydrogen-bond acceptors (Lipinski definition) is 5. The summed E-state index contributed by atoms with van der Waals surface area (Å²) in [6.07, 6.45) is 1.08. The van der Waals surface area contributed by atoms with Crippen molar-refractivity contribution in [2.45, 2.75) is 26.5 Å². The molecule has 0 aliphatic carbocycles. The fourth-order valence-electron chi connectivity index (χ4n) is 3.51. The summed E-state index contributed by atoms with van der Waals surface area (Å²) in [6, 6.07) is 16.1. The molecule has 2 aromatic carbocycles. The second-order valence-electron chi connectivity index (χ2n) is 7.69. The summed E-state index contributed by atoms with van der Waals surface area (Å²) in [4.78, 5) is 7.18. The third kappa shape index (κ3) is 9.77. The number of morpholine rings is 1. The Kier molecular flexibility index (Phi) is 13.0. The number of benzene rings is 2. The first kappa shape index (κ1) is 27.2. The molecule has 0 saturated carbocycles. The zero-order chi connectivity index (χ0) is 22.4. The van der Waals surface area contributed by atoms with Crippen molar-refractivity contribution in [2.75, 3.05) is 53.0 Å². The largest absolute Gasteiger partial charge is 0.493 e. The fraction of sp³-hybridized carbons (Fsp3) is 0.480. The van der Waals surface area contributed by atoms with Crippen LogP contribution in [-0.2, 0) is 17.9 Å². The van der Waals surface area contributed by atoms with Crippen LogP contribution in [0.1, 0.15) is 24.5 Å². The van der Waals surface area contributed by atoms with Gasteiger partial charge in [0, 0.05) is 26.2 Å². The molecule has 0 unspecified atom stereocenters. The van der Waals surface area contributed by atoms with Gasteiger partial charge in [-0.1, -0.05) is 36.4 Å². The van der Waals surface area contributed by atoms with E-state index in [9.17, 15) is 0 Å². The Morgan fingerprint density at radius 3 is 2.55 bits per heavy atom. The standard InChI is InChI=1S/C25H36N4O3.HI/c1-3-26-25(27-12-7-13-29-14-16-31-17-15-29)28-19-22-10-11-23(24(18-22)30-2)32-20-21-8-5-4-6-9-21;/h4-6,8-11,18H,3,7,12-17,19-20H2,1-2H3,(H2,26,27,28);1H. The number of ether oxygens (including phenoxy) is 3. The van der Waals surface area contributed by atoms with Gasteiger partial charge in [-0.3, -0.25) is 4.90 Å². The molecule has 1 saturated heterocycles. The maximum atomic E-state index is 5.95. The van der Waals surface area contributed by atoms with Crippen LogP contribution in [0.5, 0.6) is 11.5 Å². The molecule has 0 radical (unpaired) electrons. The molecule has 7 nitrogen and oxygen atoms in total. The molecule has 182 valence electrons. The molecule has 1 aliphatic heterocycles. The van der Waals surface area contributed by atoms with Crippen molar-refractivity contribution in [2.24, 2.45) is 4.99 Å². The molecule has 2 N–H and O–H groups in total. The Hall–Kier alpha value is -2.04. The van der Waals surface area contributed by atoms with E-state index in [2.05, 4.69) is 22.5 Å². The maximum absolute atomic E-state index is 5.95. The second kappa shape index (κ2) is 15.7. The van der Waals surface area contributed by atoms with Gasteiger partial charge in [-0.15, -0.1) is 24.0 Å². The summed E-state index contributed by atoms with van der Waals surface area (Å²) < 4.78 is 16.9. The van der Waals surface area contributed by atoms with Crippen molar-refractivity contribution in [3.63, 3.8) is 0 Å². The van der Waals surface area contributed by atoms with Crippen molar-refractivity contribution >= 4 is 29.9 Å². The van der Waals surface area contributed by atoms with Gasteiger partial charge in [0.1, 0.15) is 6.61 Å². The molecule has 0 aromatic heterocycles. The molecule has 2 aromatic rings. The summed E-state index contributed by atoms with van der Waals surface area (Å²) in [5.41, 5.74) is 2.19. The van der Waals surface area contributed by atoms with Crippen LogP contribution in [0.2, 0.25) is 0 Å². The van der Waals surface area contributed by atoms with Gasteiger partial charge in [-0.05, 0) is 43.1 Å². The molecule has 33 heavy (non-hydrogen) atoms. The van der Waals surface area contributed by atoms with Gasteiger partial charge >= 0.3 is 0 Å². The number of aliphatic imine (C=N–C) groups is 1. The lowest BCUT2D eigenvalue weighted by Crippen LogP contribution is -2.40. The van der Waals surface area contributed by atoms with E-state index in [0.717, 1.165) is 80.9 Å².